The molecule has 0 radical (unpaired) electrons. The maximum atomic E-state index is 13.3. The van der Waals surface area contributed by atoms with E-state index in [4.69, 9.17) is 4.74 Å². The van der Waals surface area contributed by atoms with Gasteiger partial charge in [0, 0.05) is 16.8 Å². The molecular weight excluding hydrogens is 965 g/mol. The molecule has 0 saturated heterocycles. The molecule has 344 valence electrons. The maximum Gasteiger partial charge on any atom is 0.355 e. The molecule has 7 N–H and O–H groups in total. The van der Waals surface area contributed by atoms with Crippen molar-refractivity contribution in [2.75, 3.05) is 12.1 Å². The average Bonchev–Trinajstić information content (AvgIpc) is 3.56. The molecule has 6 rings (SSSR count). The highest BCUT2D eigenvalue weighted by Gasteiger charge is 2.41. The molecule has 0 fully saturated rings. The van der Waals surface area contributed by atoms with E-state index >= 15 is 0 Å². The molecule has 0 bridgehead atoms. The van der Waals surface area contributed by atoms with Crippen LogP contribution in [-0.2, 0) is 50.1 Å². The van der Waals surface area contributed by atoms with Crippen molar-refractivity contribution in [1.29, 1.82) is 0 Å². The van der Waals surface area contributed by atoms with E-state index < -0.39 is 123 Å². The number of ether oxygens (including phenoxy) is 1. The largest absolute Gasteiger partial charge is 0.505 e. The van der Waals surface area contributed by atoms with Gasteiger partial charge in [-0.05, 0) is 79.2 Å². The smallest absolute Gasteiger partial charge is 0.355 e. The number of aromatic carboxylic acids is 1. The first-order chi connectivity index (χ1) is 30.6. The summed E-state index contributed by atoms with van der Waals surface area (Å²) in [7, 11) is -19.3. The molecule has 1 aliphatic rings. The summed E-state index contributed by atoms with van der Waals surface area (Å²) in [5.41, 5.74) is -3.90. The lowest BCUT2D eigenvalue weighted by Gasteiger charge is -2.13. The number of carbonyl (C=O) groups excluding carboxylic acids is 1. The van der Waals surface area contributed by atoms with Crippen molar-refractivity contribution in [3.63, 3.8) is 0 Å². The third kappa shape index (κ3) is 9.76. The van der Waals surface area contributed by atoms with Crippen LogP contribution >= 0.6 is 0 Å². The predicted molar refractivity (Wildman–Crippen MR) is 222 cm³/mol. The number of anilines is 1. The highest BCUT2D eigenvalue weighted by Crippen LogP contribution is 2.46. The van der Waals surface area contributed by atoms with Crippen molar-refractivity contribution < 1.29 is 86.3 Å². The second-order valence-electron chi connectivity index (χ2n) is 13.2. The third-order valence-electron chi connectivity index (χ3n) is 9.00. The number of aryl methyl sites for hydroxylation is 1. The second-order valence-corrected chi connectivity index (χ2v) is 18.8. The van der Waals surface area contributed by atoms with Crippen molar-refractivity contribution >= 4 is 109 Å². The number of carboxylic acid groups (broad SMARTS) is 2. The molecule has 1 heterocycles. The summed E-state index contributed by atoms with van der Waals surface area (Å²) in [4.78, 5) is 33.3. The number of fused-ring (bicyclic) bond motifs is 1. The van der Waals surface area contributed by atoms with Crippen LogP contribution in [0.4, 0.5) is 34.1 Å². The summed E-state index contributed by atoms with van der Waals surface area (Å²) in [5.74, 6) is -5.92. The van der Waals surface area contributed by atoms with Crippen LogP contribution in [0.2, 0.25) is 0 Å². The minimum absolute atomic E-state index is 0.0213. The van der Waals surface area contributed by atoms with Gasteiger partial charge in [0.1, 0.15) is 38.3 Å². The average molecular weight is 991 g/mol. The number of phenols is 1. The van der Waals surface area contributed by atoms with Gasteiger partial charge in [-0.2, -0.15) is 59.1 Å². The molecular formula is C35H26N8O19S4. The van der Waals surface area contributed by atoms with Crippen LogP contribution < -0.4 is 9.75 Å². The first kappa shape index (κ1) is 47.9. The molecule has 1 amide bonds. The molecule has 31 heteroatoms. The molecule has 66 heavy (non-hydrogen) atoms. The van der Waals surface area contributed by atoms with Gasteiger partial charge < -0.3 is 20.1 Å². The number of aliphatic carboxylic acids is 1. The van der Waals surface area contributed by atoms with Crippen LogP contribution in [-0.4, -0.2) is 104 Å². The number of phenolic OH excluding ortho intramolecular Hbond substituents is 1. The molecule has 0 spiro atoms. The van der Waals surface area contributed by atoms with Gasteiger partial charge in [-0.25, -0.2) is 9.59 Å². The molecule has 1 unspecified atom stereocenters. The van der Waals surface area contributed by atoms with Crippen LogP contribution in [0.25, 0.3) is 10.8 Å². The van der Waals surface area contributed by atoms with Crippen molar-refractivity contribution in [3.8, 4) is 11.5 Å². The van der Waals surface area contributed by atoms with E-state index in [-0.39, 0.29) is 34.1 Å². The van der Waals surface area contributed by atoms with Crippen LogP contribution in [0, 0.1) is 6.92 Å². The zero-order valence-electron chi connectivity index (χ0n) is 32.7. The summed E-state index contributed by atoms with van der Waals surface area (Å²) in [6, 6.07) is 8.78. The van der Waals surface area contributed by atoms with Gasteiger partial charge in [0.25, 0.3) is 46.4 Å². The minimum Gasteiger partial charge on any atom is -0.505 e. The Bertz CT molecular complexity index is 3520. The Morgan fingerprint density at radius 3 is 1.80 bits per heavy atom. The number of carboxylic acids is 2. The monoisotopic (exact) mass is 990 g/mol. The maximum absolute atomic E-state index is 13.3. The highest BCUT2D eigenvalue weighted by molar-refractivity contribution is 7.87. The zero-order chi connectivity index (χ0) is 48.8. The number of nitrogens with zero attached hydrogens (tertiary/aromatic N) is 8. The van der Waals surface area contributed by atoms with Gasteiger partial charge in [-0.3, -0.25) is 23.0 Å². The molecule has 0 aromatic heterocycles. The Hall–Kier alpha value is -7.52. The van der Waals surface area contributed by atoms with Crippen molar-refractivity contribution in [1.82, 2.24) is 0 Å². The minimum atomic E-state index is -5.52. The number of hydrogen-bond donors (Lipinski definition) is 7. The summed E-state index contributed by atoms with van der Waals surface area (Å²) in [5, 5.41) is 56.1. The highest BCUT2D eigenvalue weighted by atomic mass is 32.2. The first-order valence-electron chi connectivity index (χ1n) is 17.4. The van der Waals surface area contributed by atoms with Crippen molar-refractivity contribution in [2.24, 2.45) is 35.8 Å². The van der Waals surface area contributed by atoms with E-state index in [1.54, 1.807) is 0 Å². The van der Waals surface area contributed by atoms with E-state index in [0.29, 0.717) is 17.1 Å². The third-order valence-corrected chi connectivity index (χ3v) is 12.5. The summed E-state index contributed by atoms with van der Waals surface area (Å²) >= 11 is 0. The van der Waals surface area contributed by atoms with Crippen LogP contribution in [0.3, 0.4) is 0 Å². The van der Waals surface area contributed by atoms with Gasteiger partial charge in [-0.1, -0.05) is 0 Å². The van der Waals surface area contributed by atoms with Crippen LogP contribution in [0.1, 0.15) is 15.9 Å². The molecule has 1 atom stereocenters. The lowest BCUT2D eigenvalue weighted by Crippen LogP contribution is -2.33. The van der Waals surface area contributed by atoms with E-state index in [1.165, 1.54) is 19.1 Å². The van der Waals surface area contributed by atoms with Gasteiger partial charge in [0.05, 0.1) is 33.8 Å². The Morgan fingerprint density at radius 2 is 1.24 bits per heavy atom. The normalized spacial score (nSPS) is 15.1. The SMILES string of the molecule is COc1cc(N=Nc2ccc(S(=O)(=O)O)cc2C(=O)O)c(C)cc1N=Nc1c(S(=O)(=O)O)cc2c(S(=O)(=O)O)c(N=NC3C(=O)N(c4ccc(S(=O)(=O)O)cc4)N=C3C(=O)O)ccc2c1O. The van der Waals surface area contributed by atoms with Gasteiger partial charge in [-0.15, -0.1) is 15.3 Å². The van der Waals surface area contributed by atoms with Crippen molar-refractivity contribution in [2.45, 2.75) is 32.5 Å². The molecule has 5 aromatic carbocycles. The number of azo groups is 3. The fourth-order valence-corrected chi connectivity index (χ4v) is 8.41. The summed E-state index contributed by atoms with van der Waals surface area (Å²) in [6.45, 7) is 1.46. The number of rotatable bonds is 14. The lowest BCUT2D eigenvalue weighted by atomic mass is 10.1. The summed E-state index contributed by atoms with van der Waals surface area (Å²) < 4.78 is 141. The number of hydrogen-bond acceptors (Lipinski definition) is 20. The standard InChI is InChI=1S/C35H26N8O19S4/c1-15-11-25(26(62-2)14-24(15)38-36-22-9-7-18(64(53,54)55)12-21(22)34(46)47)39-40-28-27(65(56,57)58)13-20-19(31(28)44)8-10-23(32(20)66(59,60)61)37-41-29-30(35(48)49)42-43(33(29)45)16-3-5-17(6-4-16)63(50,51)52/h3-14,29,44H,1-2H3,(H,46,47)(H,48,49)(H,50,51,52)(H,53,54,55)(H,56,57,58)(H,59,60,61). The van der Waals surface area contributed by atoms with Crippen LogP contribution in [0.15, 0.2) is 128 Å². The summed E-state index contributed by atoms with van der Waals surface area (Å²) in [6.07, 6.45) is 0. The molecule has 1 aliphatic heterocycles. The van der Waals surface area contributed by atoms with Gasteiger partial charge >= 0.3 is 11.9 Å². The number of methoxy groups -OCH3 is 1. The Labute approximate surface area is 369 Å². The lowest BCUT2D eigenvalue weighted by molar-refractivity contribution is -0.130. The van der Waals surface area contributed by atoms with E-state index in [9.17, 15) is 81.6 Å². The van der Waals surface area contributed by atoms with Crippen molar-refractivity contribution in [3.05, 3.63) is 83.9 Å². The van der Waals surface area contributed by atoms with Crippen LogP contribution in [0.5, 0.6) is 11.5 Å². The number of amides is 1. The number of carbonyl (C=O) groups is 3. The zero-order valence-corrected chi connectivity index (χ0v) is 36.0. The first-order valence-corrected chi connectivity index (χ1v) is 23.2. The topological polar surface area (TPSA) is 428 Å². The van der Waals surface area contributed by atoms with E-state index in [1.807, 2.05) is 0 Å². The fourth-order valence-electron chi connectivity index (χ4n) is 5.95. The number of aromatic hydroxyl groups is 1. The van der Waals surface area contributed by atoms with Gasteiger partial charge in [0.2, 0.25) is 6.04 Å². The van der Waals surface area contributed by atoms with E-state index in [2.05, 4.69) is 35.8 Å². The second kappa shape index (κ2) is 17.5. The molecule has 27 nitrogen and oxygen atoms in total. The quantitative estimate of drug-likeness (QED) is 0.0546. The Balaban J connectivity index is 1.40. The number of benzene rings is 5. The Kier molecular flexibility index (Phi) is 12.7. The molecule has 0 aliphatic carbocycles. The number of hydrazone groups is 1. The predicted octanol–water partition coefficient (Wildman–Crippen LogP) is 5.32. The molecule has 0 saturated carbocycles. The Morgan fingerprint density at radius 1 is 0.652 bits per heavy atom. The van der Waals surface area contributed by atoms with E-state index in [0.717, 1.165) is 55.6 Å². The fraction of sp³-hybridized carbons (Fsp3) is 0.0857. The molecule has 5 aromatic rings. The van der Waals surface area contributed by atoms with Gasteiger partial charge in [0.15, 0.2) is 11.5 Å².